The lowest BCUT2D eigenvalue weighted by Crippen LogP contribution is -2.26. The molecule has 2 rings (SSSR count). The van der Waals surface area contributed by atoms with Crippen LogP contribution >= 0.6 is 0 Å². The van der Waals surface area contributed by atoms with E-state index in [0.717, 1.165) is 5.92 Å². The summed E-state index contributed by atoms with van der Waals surface area (Å²) in [5.41, 5.74) is 1.51. The second-order valence-electron chi connectivity index (χ2n) is 3.43. The van der Waals surface area contributed by atoms with Crippen molar-refractivity contribution in [2.24, 2.45) is 0 Å². The Morgan fingerprint density at radius 2 is 1.57 bits per heavy atom. The average Bonchev–Trinajstić information content (AvgIpc) is 2.34. The number of nitrogens with one attached hydrogen (secondary N) is 1. The van der Waals surface area contributed by atoms with Crippen LogP contribution in [0.1, 0.15) is 24.3 Å². The van der Waals surface area contributed by atoms with Crippen molar-refractivity contribution in [2.45, 2.75) is 18.8 Å². The van der Waals surface area contributed by atoms with E-state index in [1.807, 2.05) is 0 Å². The Morgan fingerprint density at radius 1 is 1.00 bits per heavy atom. The molecule has 1 heteroatoms. The van der Waals surface area contributed by atoms with Crippen LogP contribution in [0.25, 0.3) is 0 Å². The molecule has 1 aromatic carbocycles. The van der Waals surface area contributed by atoms with E-state index >= 15 is 0 Å². The summed E-state index contributed by atoms with van der Waals surface area (Å²) in [7, 11) is 0. The summed E-state index contributed by atoms with van der Waals surface area (Å²) in [6.45, 7) is 2.36. The zero-order valence-electron chi connectivity index (χ0n) is 8.45. The number of terminal acetylenes is 1. The summed E-state index contributed by atoms with van der Waals surface area (Å²) < 4.78 is 0. The monoisotopic (exact) mass is 187 g/mol. The van der Waals surface area contributed by atoms with Gasteiger partial charge in [0.25, 0.3) is 0 Å². The van der Waals surface area contributed by atoms with E-state index < -0.39 is 0 Å². The first kappa shape index (κ1) is 10.8. The van der Waals surface area contributed by atoms with Crippen molar-refractivity contribution in [3.8, 4) is 12.8 Å². The van der Waals surface area contributed by atoms with Gasteiger partial charge in [0.15, 0.2) is 0 Å². The SMILES string of the molecule is C#C.c1ccc(C2CCNCC2)cc1. The molecule has 0 spiro atoms. The molecule has 1 saturated heterocycles. The van der Waals surface area contributed by atoms with Crippen LogP contribution in [0.4, 0.5) is 0 Å². The number of hydrogen-bond donors (Lipinski definition) is 1. The molecular weight excluding hydrogens is 170 g/mol. The van der Waals surface area contributed by atoms with Crippen LogP contribution in [0.3, 0.4) is 0 Å². The lowest BCUT2D eigenvalue weighted by molar-refractivity contribution is 0.460. The molecule has 74 valence electrons. The van der Waals surface area contributed by atoms with Gasteiger partial charge in [-0.1, -0.05) is 30.3 Å². The van der Waals surface area contributed by atoms with Crippen molar-refractivity contribution in [1.82, 2.24) is 5.32 Å². The molecule has 0 unspecified atom stereocenters. The van der Waals surface area contributed by atoms with E-state index in [2.05, 4.69) is 48.5 Å². The van der Waals surface area contributed by atoms with Gasteiger partial charge >= 0.3 is 0 Å². The van der Waals surface area contributed by atoms with E-state index in [4.69, 9.17) is 0 Å². The quantitative estimate of drug-likeness (QED) is 0.666. The predicted octanol–water partition coefficient (Wildman–Crippen LogP) is 2.40. The van der Waals surface area contributed by atoms with E-state index in [-0.39, 0.29) is 0 Å². The maximum absolute atomic E-state index is 4.00. The first-order chi connectivity index (χ1) is 6.97. The largest absolute Gasteiger partial charge is 0.317 e. The van der Waals surface area contributed by atoms with Gasteiger partial charge in [0.1, 0.15) is 0 Å². The van der Waals surface area contributed by atoms with Crippen LogP contribution in [0.5, 0.6) is 0 Å². The van der Waals surface area contributed by atoms with Gasteiger partial charge < -0.3 is 5.32 Å². The highest BCUT2D eigenvalue weighted by atomic mass is 14.9. The van der Waals surface area contributed by atoms with Crippen molar-refractivity contribution < 1.29 is 0 Å². The predicted molar refractivity (Wildman–Crippen MR) is 61.2 cm³/mol. The Morgan fingerprint density at radius 3 is 2.14 bits per heavy atom. The van der Waals surface area contributed by atoms with Crippen LogP contribution in [0, 0.1) is 12.8 Å². The molecule has 1 fully saturated rings. The van der Waals surface area contributed by atoms with Crippen molar-refractivity contribution in [2.75, 3.05) is 13.1 Å². The average molecular weight is 187 g/mol. The standard InChI is InChI=1S/C11H15N.C2H2/c1-2-4-10(5-3-1)11-6-8-12-9-7-11;1-2/h1-5,11-12H,6-9H2;1-2H. The van der Waals surface area contributed by atoms with Crippen molar-refractivity contribution in [3.63, 3.8) is 0 Å². The van der Waals surface area contributed by atoms with Crippen molar-refractivity contribution in [3.05, 3.63) is 35.9 Å². The zero-order chi connectivity index (χ0) is 10.2. The normalized spacial score (nSPS) is 16.7. The molecule has 1 aromatic rings. The fourth-order valence-electron chi connectivity index (χ4n) is 1.88. The van der Waals surface area contributed by atoms with Crippen LogP contribution in [-0.4, -0.2) is 13.1 Å². The molecule has 1 heterocycles. The molecule has 1 N–H and O–H groups in total. The molecular formula is C13H17N. The summed E-state index contributed by atoms with van der Waals surface area (Å²) in [4.78, 5) is 0. The Bertz CT molecular complexity index is 257. The molecule has 0 aromatic heterocycles. The Kier molecular flexibility index (Phi) is 4.82. The van der Waals surface area contributed by atoms with E-state index in [1.54, 1.807) is 0 Å². The van der Waals surface area contributed by atoms with Crippen LogP contribution in [-0.2, 0) is 0 Å². The highest BCUT2D eigenvalue weighted by Crippen LogP contribution is 2.24. The van der Waals surface area contributed by atoms with E-state index in [9.17, 15) is 0 Å². The lowest BCUT2D eigenvalue weighted by atomic mass is 9.90. The van der Waals surface area contributed by atoms with Gasteiger partial charge in [0.05, 0.1) is 0 Å². The van der Waals surface area contributed by atoms with Crippen molar-refractivity contribution >= 4 is 0 Å². The fourth-order valence-corrected chi connectivity index (χ4v) is 1.88. The maximum atomic E-state index is 4.00. The minimum absolute atomic E-state index is 0.799. The second-order valence-corrected chi connectivity index (χ2v) is 3.43. The number of hydrogen-bond acceptors (Lipinski definition) is 1. The van der Waals surface area contributed by atoms with Gasteiger partial charge in [-0.2, -0.15) is 0 Å². The third kappa shape index (κ3) is 2.90. The third-order valence-corrected chi connectivity index (χ3v) is 2.61. The Hall–Kier alpha value is -1.26. The number of benzene rings is 1. The molecule has 1 aliphatic heterocycles. The minimum atomic E-state index is 0.799. The molecule has 0 aliphatic carbocycles. The van der Waals surface area contributed by atoms with Gasteiger partial charge in [0, 0.05) is 0 Å². The third-order valence-electron chi connectivity index (χ3n) is 2.61. The van der Waals surface area contributed by atoms with Crippen LogP contribution < -0.4 is 5.32 Å². The van der Waals surface area contributed by atoms with E-state index in [0.29, 0.717) is 0 Å². The summed E-state index contributed by atoms with van der Waals surface area (Å²) in [5.74, 6) is 0.799. The first-order valence-electron chi connectivity index (χ1n) is 5.06. The van der Waals surface area contributed by atoms with Crippen molar-refractivity contribution in [1.29, 1.82) is 0 Å². The maximum Gasteiger partial charge on any atom is -0.00431 e. The van der Waals surface area contributed by atoms with Crippen LogP contribution in [0.15, 0.2) is 30.3 Å². The Labute approximate surface area is 86.5 Å². The van der Waals surface area contributed by atoms with Gasteiger partial charge in [-0.25, -0.2) is 0 Å². The van der Waals surface area contributed by atoms with Crippen LogP contribution in [0.2, 0.25) is 0 Å². The fraction of sp³-hybridized carbons (Fsp3) is 0.385. The van der Waals surface area contributed by atoms with Gasteiger partial charge in [-0.3, -0.25) is 0 Å². The number of piperidine rings is 1. The zero-order valence-corrected chi connectivity index (χ0v) is 8.45. The number of rotatable bonds is 1. The Balaban J connectivity index is 0.000000461. The topological polar surface area (TPSA) is 12.0 Å². The highest BCUT2D eigenvalue weighted by molar-refractivity contribution is 5.19. The molecule has 0 radical (unpaired) electrons. The lowest BCUT2D eigenvalue weighted by Gasteiger charge is -2.22. The smallest absolute Gasteiger partial charge is 0.00431 e. The van der Waals surface area contributed by atoms with Gasteiger partial charge in [-0.15, -0.1) is 12.8 Å². The molecule has 1 nitrogen and oxygen atoms in total. The summed E-state index contributed by atoms with van der Waals surface area (Å²) in [6.07, 6.45) is 10.6. The second kappa shape index (κ2) is 6.23. The van der Waals surface area contributed by atoms with E-state index in [1.165, 1.54) is 31.5 Å². The molecule has 0 atom stereocenters. The summed E-state index contributed by atoms with van der Waals surface area (Å²) >= 11 is 0. The van der Waals surface area contributed by atoms with Gasteiger partial charge in [-0.05, 0) is 37.4 Å². The highest BCUT2D eigenvalue weighted by Gasteiger charge is 2.13. The molecule has 1 aliphatic rings. The summed E-state index contributed by atoms with van der Waals surface area (Å²) in [5, 5.41) is 3.38. The molecule has 0 saturated carbocycles. The minimum Gasteiger partial charge on any atom is -0.317 e. The molecule has 0 bridgehead atoms. The van der Waals surface area contributed by atoms with Gasteiger partial charge in [0.2, 0.25) is 0 Å². The first-order valence-corrected chi connectivity index (χ1v) is 5.06. The summed E-state index contributed by atoms with van der Waals surface area (Å²) in [6, 6.07) is 10.9. The molecule has 0 amide bonds. The molecule has 14 heavy (non-hydrogen) atoms.